The van der Waals surface area contributed by atoms with E-state index in [1.165, 1.54) is 18.2 Å². The molecule has 6 nitrogen and oxygen atoms in total. The molecular formula is C18H19ClF2N2O4S. The second kappa shape index (κ2) is 8.20. The van der Waals surface area contributed by atoms with Gasteiger partial charge in [-0.25, -0.2) is 21.9 Å². The van der Waals surface area contributed by atoms with Gasteiger partial charge in [-0.3, -0.25) is 0 Å². The van der Waals surface area contributed by atoms with Crippen LogP contribution in [0.5, 0.6) is 11.5 Å². The number of sulfonamides is 1. The van der Waals surface area contributed by atoms with Gasteiger partial charge in [-0.15, -0.1) is 12.4 Å². The largest absolute Gasteiger partial charge is 0.454 e. The van der Waals surface area contributed by atoms with Gasteiger partial charge in [0.2, 0.25) is 16.8 Å². The maximum absolute atomic E-state index is 13.6. The molecule has 0 radical (unpaired) electrons. The van der Waals surface area contributed by atoms with E-state index < -0.39 is 27.7 Å². The van der Waals surface area contributed by atoms with Gasteiger partial charge in [-0.05, 0) is 42.8 Å². The van der Waals surface area contributed by atoms with Crippen LogP contribution in [0.4, 0.5) is 8.78 Å². The van der Waals surface area contributed by atoms with Crippen molar-refractivity contribution in [3.05, 3.63) is 53.6 Å². The van der Waals surface area contributed by atoms with Crippen LogP contribution in [-0.4, -0.2) is 34.3 Å². The van der Waals surface area contributed by atoms with Gasteiger partial charge in [-0.1, -0.05) is 6.07 Å². The smallest absolute Gasteiger partial charge is 0.241 e. The fourth-order valence-electron chi connectivity index (χ4n) is 3.44. The Hall–Kier alpha value is -1.94. The monoisotopic (exact) mass is 432 g/mol. The van der Waals surface area contributed by atoms with E-state index in [0.29, 0.717) is 36.6 Å². The van der Waals surface area contributed by atoms with Crippen molar-refractivity contribution in [3.8, 4) is 11.5 Å². The number of ether oxygens (including phenoxy) is 2. The molecule has 0 amide bonds. The molecule has 2 aliphatic rings. The number of rotatable bonds is 4. The average molecular weight is 433 g/mol. The Labute approximate surface area is 167 Å². The summed E-state index contributed by atoms with van der Waals surface area (Å²) in [7, 11) is -3.83. The molecule has 28 heavy (non-hydrogen) atoms. The molecule has 1 saturated heterocycles. The molecule has 0 bridgehead atoms. The zero-order valence-electron chi connectivity index (χ0n) is 14.7. The minimum absolute atomic E-state index is 0. The number of fused-ring (bicyclic) bond motifs is 1. The Morgan fingerprint density at radius 1 is 1.04 bits per heavy atom. The first kappa shape index (κ1) is 20.8. The normalized spacial score (nSPS) is 21.2. The highest BCUT2D eigenvalue weighted by molar-refractivity contribution is 7.89. The van der Waals surface area contributed by atoms with Gasteiger partial charge in [0.05, 0.1) is 4.90 Å². The number of hydrogen-bond acceptors (Lipinski definition) is 5. The molecule has 0 aliphatic carbocycles. The lowest BCUT2D eigenvalue weighted by molar-refractivity contribution is 0.174. The maximum atomic E-state index is 13.6. The summed E-state index contributed by atoms with van der Waals surface area (Å²) in [4.78, 5) is 0.0568. The van der Waals surface area contributed by atoms with Crippen LogP contribution in [0.1, 0.15) is 17.9 Å². The van der Waals surface area contributed by atoms with Crippen LogP contribution in [0.25, 0.3) is 0 Å². The summed E-state index contributed by atoms with van der Waals surface area (Å²) in [6, 6.07) is 7.59. The lowest BCUT2D eigenvalue weighted by Crippen LogP contribution is -2.49. The molecule has 2 heterocycles. The molecule has 2 aliphatic heterocycles. The third-order valence-electron chi connectivity index (χ3n) is 4.81. The summed E-state index contributed by atoms with van der Waals surface area (Å²) < 4.78 is 65.7. The van der Waals surface area contributed by atoms with Crippen molar-refractivity contribution >= 4 is 22.4 Å². The molecule has 0 spiro atoms. The van der Waals surface area contributed by atoms with Crippen molar-refractivity contribution < 1.29 is 26.7 Å². The lowest BCUT2D eigenvalue weighted by Gasteiger charge is -2.33. The van der Waals surface area contributed by atoms with Crippen molar-refractivity contribution in [2.24, 2.45) is 0 Å². The standard InChI is InChI=1S/C18H18F2N2O4S.ClH/c19-14-3-1-11(7-15(14)20)13-5-6-21-9-16(13)22-27(23,24)12-2-4-17-18(8-12)26-10-25-17;/h1-4,7-8,13,16,21-22H,5-6,9-10H2;1H. The quantitative estimate of drug-likeness (QED) is 0.776. The Morgan fingerprint density at radius 2 is 1.82 bits per heavy atom. The fraction of sp³-hybridized carbons (Fsp3) is 0.333. The molecule has 2 aromatic rings. The van der Waals surface area contributed by atoms with Crippen molar-refractivity contribution in [3.63, 3.8) is 0 Å². The van der Waals surface area contributed by atoms with Crippen LogP contribution in [-0.2, 0) is 10.0 Å². The van der Waals surface area contributed by atoms with Gasteiger partial charge in [0, 0.05) is 24.6 Å². The van der Waals surface area contributed by atoms with Crippen molar-refractivity contribution in [1.29, 1.82) is 0 Å². The zero-order valence-corrected chi connectivity index (χ0v) is 16.3. The van der Waals surface area contributed by atoms with Crippen LogP contribution in [0.2, 0.25) is 0 Å². The Balaban J connectivity index is 0.00000225. The molecule has 0 aromatic heterocycles. The van der Waals surface area contributed by atoms with E-state index in [4.69, 9.17) is 9.47 Å². The Morgan fingerprint density at radius 3 is 2.61 bits per heavy atom. The van der Waals surface area contributed by atoms with Gasteiger partial charge in [0.1, 0.15) is 0 Å². The van der Waals surface area contributed by atoms with Crippen LogP contribution in [0.15, 0.2) is 41.3 Å². The second-order valence-corrected chi connectivity index (χ2v) is 8.23. The molecule has 10 heteroatoms. The van der Waals surface area contributed by atoms with E-state index in [2.05, 4.69) is 10.0 Å². The van der Waals surface area contributed by atoms with Gasteiger partial charge >= 0.3 is 0 Å². The summed E-state index contributed by atoms with van der Waals surface area (Å²) in [6.07, 6.45) is 0.597. The highest BCUT2D eigenvalue weighted by Crippen LogP contribution is 2.34. The fourth-order valence-corrected chi connectivity index (χ4v) is 4.73. The van der Waals surface area contributed by atoms with E-state index in [1.807, 2.05) is 0 Å². The van der Waals surface area contributed by atoms with Crippen molar-refractivity contribution in [2.75, 3.05) is 19.9 Å². The van der Waals surface area contributed by atoms with Gasteiger partial charge < -0.3 is 14.8 Å². The maximum Gasteiger partial charge on any atom is 0.241 e. The first-order valence-electron chi connectivity index (χ1n) is 8.52. The van der Waals surface area contributed by atoms with Crippen molar-refractivity contribution in [1.82, 2.24) is 10.0 Å². The van der Waals surface area contributed by atoms with Gasteiger partial charge in [-0.2, -0.15) is 0 Å². The first-order valence-corrected chi connectivity index (χ1v) is 10.00. The molecular weight excluding hydrogens is 414 g/mol. The van der Waals surface area contributed by atoms with E-state index in [9.17, 15) is 17.2 Å². The van der Waals surface area contributed by atoms with E-state index in [-0.39, 0.29) is 30.0 Å². The van der Waals surface area contributed by atoms with Gasteiger partial charge in [0.15, 0.2) is 23.1 Å². The predicted molar refractivity (Wildman–Crippen MR) is 101 cm³/mol. The Bertz CT molecular complexity index is 974. The lowest BCUT2D eigenvalue weighted by atomic mass is 9.86. The van der Waals surface area contributed by atoms with Crippen molar-refractivity contribution in [2.45, 2.75) is 23.3 Å². The number of hydrogen-bond donors (Lipinski definition) is 2. The Kier molecular flexibility index (Phi) is 6.09. The molecule has 2 N–H and O–H groups in total. The molecule has 0 saturated carbocycles. The van der Waals surface area contributed by atoms with Crippen LogP contribution in [0.3, 0.4) is 0 Å². The van der Waals surface area contributed by atoms with E-state index in [0.717, 1.165) is 12.1 Å². The molecule has 2 atom stereocenters. The van der Waals surface area contributed by atoms with E-state index >= 15 is 0 Å². The zero-order chi connectivity index (χ0) is 19.0. The highest BCUT2D eigenvalue weighted by Gasteiger charge is 2.31. The molecule has 1 fully saturated rings. The third-order valence-corrected chi connectivity index (χ3v) is 6.30. The number of nitrogens with one attached hydrogen (secondary N) is 2. The highest BCUT2D eigenvalue weighted by atomic mass is 35.5. The summed E-state index contributed by atoms with van der Waals surface area (Å²) in [5, 5.41) is 3.14. The minimum Gasteiger partial charge on any atom is -0.454 e. The molecule has 4 rings (SSSR count). The predicted octanol–water partition coefficient (Wildman–Crippen LogP) is 2.54. The molecule has 2 aromatic carbocycles. The SMILES string of the molecule is Cl.O=S(=O)(NC1CNCCC1c1ccc(F)c(F)c1)c1ccc2c(c1)OCO2. The summed E-state index contributed by atoms with van der Waals surface area (Å²) in [5.74, 6) is -1.27. The molecule has 152 valence electrons. The van der Waals surface area contributed by atoms with Crippen LogP contribution >= 0.6 is 12.4 Å². The summed E-state index contributed by atoms with van der Waals surface area (Å²) >= 11 is 0. The number of piperidine rings is 1. The molecule has 2 unspecified atom stereocenters. The third kappa shape index (κ3) is 4.07. The van der Waals surface area contributed by atoms with Gasteiger partial charge in [0.25, 0.3) is 0 Å². The minimum atomic E-state index is -3.83. The number of benzene rings is 2. The average Bonchev–Trinajstić information content (AvgIpc) is 3.12. The summed E-state index contributed by atoms with van der Waals surface area (Å²) in [5.41, 5.74) is 0.564. The van der Waals surface area contributed by atoms with E-state index in [1.54, 1.807) is 6.07 Å². The first-order chi connectivity index (χ1) is 12.9. The van der Waals surface area contributed by atoms with Crippen LogP contribution < -0.4 is 19.5 Å². The second-order valence-electron chi connectivity index (χ2n) is 6.52. The van der Waals surface area contributed by atoms with Crippen LogP contribution in [0, 0.1) is 11.6 Å². The topological polar surface area (TPSA) is 76.7 Å². The number of halogens is 3. The summed E-state index contributed by atoms with van der Waals surface area (Å²) in [6.45, 7) is 1.09.